The Balaban J connectivity index is 2.08. The highest BCUT2D eigenvalue weighted by atomic mass is 32.2. The van der Waals surface area contributed by atoms with Crippen LogP contribution >= 0.6 is 11.8 Å². The lowest BCUT2D eigenvalue weighted by atomic mass is 10.1. The van der Waals surface area contributed by atoms with Gasteiger partial charge in [-0.3, -0.25) is 14.9 Å². The molecule has 1 aromatic rings. The molecule has 156 valence electrons. The first-order chi connectivity index (χ1) is 13.1. The molecular weight excluding hydrogens is 402 g/mol. The minimum absolute atomic E-state index is 0.0807. The van der Waals surface area contributed by atoms with Crippen molar-refractivity contribution < 1.29 is 18.1 Å². The molecule has 1 atom stereocenters. The van der Waals surface area contributed by atoms with Crippen LogP contribution in [0.5, 0.6) is 0 Å². The summed E-state index contributed by atoms with van der Waals surface area (Å²) in [6, 6.07) is 4.18. The third kappa shape index (κ3) is 6.46. The third-order valence-corrected chi connectivity index (χ3v) is 6.92. The molecule has 1 heterocycles. The average Bonchev–Trinajstić information content (AvgIpc) is 2.61. The summed E-state index contributed by atoms with van der Waals surface area (Å²) >= 11 is 1.42. The predicted octanol–water partition coefficient (Wildman–Crippen LogP) is 2.89. The maximum atomic E-state index is 12.6. The number of thioether (sulfide) groups is 1. The van der Waals surface area contributed by atoms with Crippen LogP contribution in [0.15, 0.2) is 23.1 Å². The van der Waals surface area contributed by atoms with E-state index >= 15 is 0 Å². The summed E-state index contributed by atoms with van der Waals surface area (Å²) in [6.07, 6.45) is 3.42. The first-order valence-electron chi connectivity index (χ1n) is 9.25. The lowest BCUT2D eigenvalue weighted by Crippen LogP contribution is -2.49. The molecule has 1 fully saturated rings. The highest BCUT2D eigenvalue weighted by Crippen LogP contribution is 2.31. The van der Waals surface area contributed by atoms with Gasteiger partial charge in [0.25, 0.3) is 11.6 Å². The average molecular weight is 430 g/mol. The molecule has 2 rings (SSSR count). The Hall–Kier alpha value is -1.65. The van der Waals surface area contributed by atoms with Crippen molar-refractivity contribution in [2.45, 2.75) is 44.0 Å². The van der Waals surface area contributed by atoms with Crippen LogP contribution in [0.4, 0.5) is 5.69 Å². The molecule has 1 aromatic carbocycles. The Morgan fingerprint density at radius 2 is 2.14 bits per heavy atom. The van der Waals surface area contributed by atoms with Crippen molar-refractivity contribution in [3.8, 4) is 0 Å². The second-order valence-electron chi connectivity index (χ2n) is 7.40. The van der Waals surface area contributed by atoms with Gasteiger partial charge in [-0.2, -0.15) is 0 Å². The van der Waals surface area contributed by atoms with Crippen LogP contribution < -0.4 is 5.32 Å². The molecule has 1 saturated heterocycles. The topological polar surface area (TPSA) is 110 Å². The normalized spacial score (nSPS) is 18.2. The van der Waals surface area contributed by atoms with Crippen molar-refractivity contribution in [2.75, 3.05) is 25.1 Å². The van der Waals surface area contributed by atoms with Crippen molar-refractivity contribution in [2.24, 2.45) is 5.92 Å². The number of carbonyl (C=O) groups is 1. The van der Waals surface area contributed by atoms with Gasteiger partial charge in [0.2, 0.25) is 10.0 Å². The van der Waals surface area contributed by atoms with Gasteiger partial charge < -0.3 is 5.32 Å². The number of hydrogen-bond acceptors (Lipinski definition) is 6. The molecule has 1 N–H and O–H groups in total. The van der Waals surface area contributed by atoms with Gasteiger partial charge in [0.15, 0.2) is 0 Å². The van der Waals surface area contributed by atoms with E-state index in [1.165, 1.54) is 22.1 Å². The molecule has 1 unspecified atom stereocenters. The van der Waals surface area contributed by atoms with Gasteiger partial charge in [-0.15, -0.1) is 11.8 Å². The van der Waals surface area contributed by atoms with Crippen molar-refractivity contribution in [1.82, 2.24) is 9.62 Å². The van der Waals surface area contributed by atoms with Crippen LogP contribution in [0.2, 0.25) is 0 Å². The number of sulfonamides is 1. The lowest BCUT2D eigenvalue weighted by molar-refractivity contribution is -0.387. The number of benzene rings is 1. The molecular formula is C18H27N3O5S2. The molecule has 1 aliphatic heterocycles. The van der Waals surface area contributed by atoms with Crippen LogP contribution in [0.25, 0.3) is 0 Å². The van der Waals surface area contributed by atoms with Gasteiger partial charge in [0, 0.05) is 30.8 Å². The summed E-state index contributed by atoms with van der Waals surface area (Å²) in [7, 11) is -3.31. The quantitative estimate of drug-likeness (QED) is 0.387. The zero-order valence-electron chi connectivity index (χ0n) is 16.4. The number of carbonyl (C=O) groups excluding carboxylic acids is 1. The summed E-state index contributed by atoms with van der Waals surface area (Å²) in [4.78, 5) is 24.0. The molecule has 0 saturated carbocycles. The highest BCUT2D eigenvalue weighted by molar-refractivity contribution is 7.99. The molecule has 0 spiro atoms. The number of nitro benzene ring substituents is 1. The number of nitrogens with one attached hydrogen (secondary N) is 1. The fourth-order valence-electron chi connectivity index (χ4n) is 2.96. The Morgan fingerprint density at radius 3 is 2.75 bits per heavy atom. The highest BCUT2D eigenvalue weighted by Gasteiger charge is 2.27. The van der Waals surface area contributed by atoms with Gasteiger partial charge in [0.05, 0.1) is 16.1 Å². The van der Waals surface area contributed by atoms with E-state index in [1.54, 1.807) is 12.1 Å². The fraction of sp³-hybridized carbons (Fsp3) is 0.611. The minimum Gasteiger partial charge on any atom is -0.348 e. The van der Waals surface area contributed by atoms with Gasteiger partial charge in [0.1, 0.15) is 0 Å². The SMILES string of the molecule is CC(C)CCSc1ccc(C(=O)NC2CCCN(S(C)(=O)=O)C2)cc1[N+](=O)[O-]. The van der Waals surface area contributed by atoms with Gasteiger partial charge in [-0.05, 0) is 43.1 Å². The predicted molar refractivity (Wildman–Crippen MR) is 110 cm³/mol. The van der Waals surface area contributed by atoms with Crippen molar-refractivity contribution in [3.05, 3.63) is 33.9 Å². The first-order valence-corrected chi connectivity index (χ1v) is 12.1. The van der Waals surface area contributed by atoms with E-state index in [9.17, 15) is 23.3 Å². The van der Waals surface area contributed by atoms with Gasteiger partial charge in [-0.1, -0.05) is 13.8 Å². The second-order valence-corrected chi connectivity index (χ2v) is 10.5. The van der Waals surface area contributed by atoms with Crippen LogP contribution in [0.3, 0.4) is 0 Å². The standard InChI is InChI=1S/C18H27N3O5S2/c1-13(2)8-10-27-17-7-6-14(11-16(17)21(23)24)18(22)19-15-5-4-9-20(12-15)28(3,25)26/h6-7,11,13,15H,4-5,8-10,12H2,1-3H3,(H,19,22). The van der Waals surface area contributed by atoms with E-state index in [2.05, 4.69) is 19.2 Å². The molecule has 8 nitrogen and oxygen atoms in total. The van der Waals surface area contributed by atoms with Gasteiger partial charge >= 0.3 is 0 Å². The van der Waals surface area contributed by atoms with Crippen LogP contribution in [0, 0.1) is 16.0 Å². The first kappa shape index (κ1) is 22.6. The Labute approximate surface area is 170 Å². The van der Waals surface area contributed by atoms with Gasteiger partial charge in [-0.25, -0.2) is 12.7 Å². The summed E-state index contributed by atoms with van der Waals surface area (Å²) in [5.74, 6) is 0.855. The second kappa shape index (κ2) is 9.71. The molecule has 10 heteroatoms. The van der Waals surface area contributed by atoms with E-state index in [0.29, 0.717) is 30.2 Å². The van der Waals surface area contributed by atoms with Crippen molar-refractivity contribution in [3.63, 3.8) is 0 Å². The van der Waals surface area contributed by atoms with Crippen molar-refractivity contribution >= 4 is 33.4 Å². The van der Waals surface area contributed by atoms with Crippen LogP contribution in [-0.4, -0.2) is 54.7 Å². The van der Waals surface area contributed by atoms with Crippen molar-refractivity contribution in [1.29, 1.82) is 0 Å². The molecule has 1 aliphatic rings. The molecule has 1 amide bonds. The lowest BCUT2D eigenvalue weighted by Gasteiger charge is -2.31. The zero-order valence-corrected chi connectivity index (χ0v) is 18.0. The molecule has 28 heavy (non-hydrogen) atoms. The molecule has 0 radical (unpaired) electrons. The number of piperidine rings is 1. The Bertz CT molecular complexity index is 827. The maximum Gasteiger partial charge on any atom is 0.283 e. The summed E-state index contributed by atoms with van der Waals surface area (Å²) in [5.41, 5.74) is 0.124. The minimum atomic E-state index is -3.31. The Kier molecular flexibility index (Phi) is 7.85. The summed E-state index contributed by atoms with van der Waals surface area (Å²) in [6.45, 7) is 4.85. The summed E-state index contributed by atoms with van der Waals surface area (Å²) in [5, 5.41) is 14.2. The smallest absolute Gasteiger partial charge is 0.283 e. The fourth-order valence-corrected chi connectivity index (χ4v) is 5.12. The number of nitro groups is 1. The van der Waals surface area contributed by atoms with E-state index in [1.807, 2.05) is 0 Å². The van der Waals surface area contributed by atoms with E-state index in [-0.39, 0.29) is 23.8 Å². The zero-order chi connectivity index (χ0) is 20.9. The maximum absolute atomic E-state index is 12.6. The van der Waals surface area contributed by atoms with Crippen LogP contribution in [-0.2, 0) is 10.0 Å². The number of hydrogen-bond donors (Lipinski definition) is 1. The monoisotopic (exact) mass is 429 g/mol. The number of rotatable bonds is 8. The summed E-state index contributed by atoms with van der Waals surface area (Å²) < 4.78 is 24.8. The van der Waals surface area contributed by atoms with E-state index < -0.39 is 20.9 Å². The van der Waals surface area contributed by atoms with Crippen LogP contribution in [0.1, 0.15) is 43.5 Å². The van der Waals surface area contributed by atoms with E-state index in [4.69, 9.17) is 0 Å². The van der Waals surface area contributed by atoms with E-state index in [0.717, 1.165) is 18.4 Å². The molecule has 0 bridgehead atoms. The Morgan fingerprint density at radius 1 is 1.43 bits per heavy atom. The molecule has 0 aliphatic carbocycles. The number of nitrogens with zero attached hydrogens (tertiary/aromatic N) is 2. The molecule has 0 aromatic heterocycles. The largest absolute Gasteiger partial charge is 0.348 e. The number of amides is 1. The third-order valence-electron chi connectivity index (χ3n) is 4.56.